The van der Waals surface area contributed by atoms with Crippen LogP contribution in [0.1, 0.15) is 12.5 Å². The normalized spacial score (nSPS) is 12.0. The third-order valence-electron chi connectivity index (χ3n) is 3.54. The Balaban J connectivity index is 1.95. The molecule has 0 aromatic heterocycles. The van der Waals surface area contributed by atoms with Gasteiger partial charge in [0.25, 0.3) is 0 Å². The fourth-order valence-corrected chi connectivity index (χ4v) is 2.86. The van der Waals surface area contributed by atoms with Crippen molar-refractivity contribution in [3.05, 3.63) is 60.2 Å². The van der Waals surface area contributed by atoms with E-state index in [0.717, 1.165) is 17.0 Å². The van der Waals surface area contributed by atoms with Gasteiger partial charge in [-0.2, -0.15) is 0 Å². The number of benzene rings is 2. The highest BCUT2D eigenvalue weighted by molar-refractivity contribution is 7.80. The average Bonchev–Trinajstić information content (AvgIpc) is 2.63. The summed E-state index contributed by atoms with van der Waals surface area (Å²) in [6.45, 7) is 2.49. The van der Waals surface area contributed by atoms with E-state index in [0.29, 0.717) is 6.61 Å². The van der Waals surface area contributed by atoms with E-state index in [1.54, 1.807) is 12.1 Å². The third-order valence-corrected chi connectivity index (χ3v) is 4.41. The molecule has 1 amide bonds. The number of hydrogen-bond donors (Lipinski definition) is 3. The minimum atomic E-state index is -1.81. The van der Waals surface area contributed by atoms with Gasteiger partial charge in [0.15, 0.2) is 5.11 Å². The molecule has 0 bridgehead atoms. The van der Waals surface area contributed by atoms with Crippen molar-refractivity contribution in [2.75, 3.05) is 11.9 Å². The number of carbonyl (C=O) groups is 1. The van der Waals surface area contributed by atoms with Crippen molar-refractivity contribution < 1.29 is 9.53 Å². The highest BCUT2D eigenvalue weighted by Gasteiger charge is 2.34. The monoisotopic (exact) mass is 459 g/mol. The molecule has 0 aliphatic carbocycles. The molecular weight excluding hydrogens is 441 g/mol. The molecule has 2 aromatic rings. The molecule has 9 heteroatoms. The van der Waals surface area contributed by atoms with E-state index in [1.165, 1.54) is 0 Å². The van der Waals surface area contributed by atoms with Gasteiger partial charge in [0, 0.05) is 5.69 Å². The molecule has 3 N–H and O–H groups in total. The van der Waals surface area contributed by atoms with E-state index in [9.17, 15) is 4.79 Å². The molecule has 0 heterocycles. The number of halogens is 3. The van der Waals surface area contributed by atoms with Crippen LogP contribution in [0.15, 0.2) is 54.6 Å². The molecule has 0 saturated heterocycles. The molecular formula is C19H20Cl3N3O2S. The van der Waals surface area contributed by atoms with Crippen LogP contribution in [-0.4, -0.2) is 27.6 Å². The lowest BCUT2D eigenvalue weighted by Crippen LogP contribution is -2.56. The highest BCUT2D eigenvalue weighted by Crippen LogP contribution is 2.29. The van der Waals surface area contributed by atoms with Crippen LogP contribution in [0.4, 0.5) is 5.69 Å². The second-order valence-corrected chi connectivity index (χ2v) is 8.54. The number of rotatable bonds is 7. The van der Waals surface area contributed by atoms with Gasteiger partial charge in [0.1, 0.15) is 11.9 Å². The van der Waals surface area contributed by atoms with Crippen molar-refractivity contribution in [1.29, 1.82) is 0 Å². The number of alkyl halides is 3. The van der Waals surface area contributed by atoms with Gasteiger partial charge in [0.05, 0.1) is 13.0 Å². The number of carbonyl (C=O) groups excluding carboxylic acids is 1. The molecule has 28 heavy (non-hydrogen) atoms. The molecule has 0 aliphatic heterocycles. The number of anilines is 1. The predicted octanol–water partition coefficient (Wildman–Crippen LogP) is 4.43. The van der Waals surface area contributed by atoms with E-state index < -0.39 is 9.96 Å². The molecule has 0 unspecified atom stereocenters. The summed E-state index contributed by atoms with van der Waals surface area (Å²) >= 11 is 23.3. The number of ether oxygens (including phenoxy) is 1. The van der Waals surface area contributed by atoms with Gasteiger partial charge >= 0.3 is 0 Å². The standard InChI is InChI=1S/C19H20Cl3N3O2S/c1-2-27-15-10-8-14(9-11-15)23-18(28)25-17(19(20,21)22)24-16(26)12-13-6-4-3-5-7-13/h3-11,17H,2,12H2,1H3,(H,24,26)(H2,23,25,28)/t17-/m0/s1. The summed E-state index contributed by atoms with van der Waals surface area (Å²) in [6, 6.07) is 16.5. The van der Waals surface area contributed by atoms with Gasteiger partial charge in [-0.3, -0.25) is 4.79 Å². The van der Waals surface area contributed by atoms with Crippen LogP contribution in [0.5, 0.6) is 5.75 Å². The van der Waals surface area contributed by atoms with Gasteiger partial charge < -0.3 is 20.7 Å². The second-order valence-electron chi connectivity index (χ2n) is 5.76. The van der Waals surface area contributed by atoms with Crippen LogP contribution in [-0.2, 0) is 11.2 Å². The Hall–Kier alpha value is -1.73. The fraction of sp³-hybridized carbons (Fsp3) is 0.263. The topological polar surface area (TPSA) is 62.4 Å². The van der Waals surface area contributed by atoms with E-state index >= 15 is 0 Å². The summed E-state index contributed by atoms with van der Waals surface area (Å²) in [7, 11) is 0. The Bertz CT molecular complexity index is 783. The molecule has 2 rings (SSSR count). The first-order chi connectivity index (χ1) is 13.3. The Kier molecular flexibility index (Phi) is 8.63. The molecule has 150 valence electrons. The van der Waals surface area contributed by atoms with Crippen LogP contribution in [0.2, 0.25) is 0 Å². The van der Waals surface area contributed by atoms with Crippen LogP contribution in [0.25, 0.3) is 0 Å². The first kappa shape index (κ1) is 22.6. The largest absolute Gasteiger partial charge is 0.494 e. The third kappa shape index (κ3) is 7.72. The maximum atomic E-state index is 12.3. The van der Waals surface area contributed by atoms with Crippen molar-refractivity contribution >= 4 is 63.7 Å². The fourth-order valence-electron chi connectivity index (χ4n) is 2.29. The van der Waals surface area contributed by atoms with Crippen molar-refractivity contribution in [1.82, 2.24) is 10.6 Å². The summed E-state index contributed by atoms with van der Waals surface area (Å²) in [6.07, 6.45) is -0.866. The molecule has 0 aliphatic rings. The average molecular weight is 461 g/mol. The Morgan fingerprint density at radius 2 is 1.71 bits per heavy atom. The number of nitrogens with one attached hydrogen (secondary N) is 3. The molecule has 1 atom stereocenters. The van der Waals surface area contributed by atoms with E-state index in [2.05, 4.69) is 16.0 Å². The van der Waals surface area contributed by atoms with E-state index in [1.807, 2.05) is 49.4 Å². The molecule has 2 aromatic carbocycles. The summed E-state index contributed by atoms with van der Waals surface area (Å²) < 4.78 is 3.58. The lowest BCUT2D eigenvalue weighted by atomic mass is 10.1. The molecule has 5 nitrogen and oxygen atoms in total. The van der Waals surface area contributed by atoms with Crippen molar-refractivity contribution in [3.63, 3.8) is 0 Å². The quantitative estimate of drug-likeness (QED) is 0.324. The zero-order chi connectivity index (χ0) is 20.6. The minimum Gasteiger partial charge on any atom is -0.494 e. The zero-order valence-corrected chi connectivity index (χ0v) is 18.1. The Morgan fingerprint density at radius 3 is 2.29 bits per heavy atom. The minimum absolute atomic E-state index is 0.152. The summed E-state index contributed by atoms with van der Waals surface area (Å²) in [4.78, 5) is 12.3. The molecule has 0 radical (unpaired) electrons. The highest BCUT2D eigenvalue weighted by atomic mass is 35.6. The van der Waals surface area contributed by atoms with Crippen LogP contribution in [0.3, 0.4) is 0 Å². The molecule has 0 fully saturated rings. The van der Waals surface area contributed by atoms with Gasteiger partial charge in [-0.05, 0) is 49.0 Å². The number of hydrogen-bond acceptors (Lipinski definition) is 3. The second kappa shape index (κ2) is 10.7. The van der Waals surface area contributed by atoms with E-state index in [4.69, 9.17) is 51.8 Å². The van der Waals surface area contributed by atoms with Gasteiger partial charge in [-0.15, -0.1) is 0 Å². The van der Waals surface area contributed by atoms with Crippen LogP contribution in [0, 0.1) is 0 Å². The van der Waals surface area contributed by atoms with Crippen LogP contribution >= 0.6 is 47.0 Å². The number of thiocarbonyl (C=S) groups is 1. The first-order valence-corrected chi connectivity index (χ1v) is 10.0. The SMILES string of the molecule is CCOc1ccc(NC(=S)N[C@H](NC(=O)Cc2ccccc2)C(Cl)(Cl)Cl)cc1. The number of amides is 1. The van der Waals surface area contributed by atoms with Crippen molar-refractivity contribution in [2.45, 2.75) is 23.3 Å². The van der Waals surface area contributed by atoms with Gasteiger partial charge in [-0.1, -0.05) is 65.1 Å². The van der Waals surface area contributed by atoms with Gasteiger partial charge in [0.2, 0.25) is 9.70 Å². The van der Waals surface area contributed by atoms with Gasteiger partial charge in [-0.25, -0.2) is 0 Å². The van der Waals surface area contributed by atoms with Crippen LogP contribution < -0.4 is 20.7 Å². The maximum Gasteiger partial charge on any atom is 0.228 e. The summed E-state index contributed by atoms with van der Waals surface area (Å²) in [5, 5.41) is 8.65. The maximum absolute atomic E-state index is 12.3. The Morgan fingerprint density at radius 1 is 1.07 bits per heavy atom. The predicted molar refractivity (Wildman–Crippen MR) is 119 cm³/mol. The first-order valence-electron chi connectivity index (χ1n) is 8.48. The smallest absolute Gasteiger partial charge is 0.228 e. The zero-order valence-electron chi connectivity index (χ0n) is 15.0. The van der Waals surface area contributed by atoms with E-state index in [-0.39, 0.29) is 17.4 Å². The summed E-state index contributed by atoms with van der Waals surface area (Å²) in [5.41, 5.74) is 1.57. The Labute approximate surface area is 184 Å². The molecule has 0 spiro atoms. The van der Waals surface area contributed by atoms with Crippen molar-refractivity contribution in [3.8, 4) is 5.75 Å². The summed E-state index contributed by atoms with van der Waals surface area (Å²) in [5.74, 6) is 0.443. The molecule has 0 saturated carbocycles. The lowest BCUT2D eigenvalue weighted by molar-refractivity contribution is -0.121. The lowest BCUT2D eigenvalue weighted by Gasteiger charge is -2.27. The van der Waals surface area contributed by atoms with Crippen molar-refractivity contribution in [2.24, 2.45) is 0 Å².